The normalized spacial score (nSPS) is 15.1. The first-order chi connectivity index (χ1) is 7.69. The Bertz CT molecular complexity index is 404. The number of nitro groups is 1. The smallest absolute Gasteiger partial charge is 0.270 e. The minimum absolute atomic E-state index is 0.131. The van der Waals surface area contributed by atoms with Crippen LogP contribution >= 0.6 is 15.9 Å². The third kappa shape index (κ3) is 3.02. The van der Waals surface area contributed by atoms with Crippen molar-refractivity contribution in [3.8, 4) is 0 Å². The molecular formula is C11H12BrNO3. The molecule has 1 aliphatic rings. The van der Waals surface area contributed by atoms with E-state index in [1.54, 1.807) is 12.1 Å². The maximum atomic E-state index is 10.7. The Balaban J connectivity index is 2.14. The highest BCUT2D eigenvalue weighted by atomic mass is 79.9. The molecule has 0 aliphatic heterocycles. The summed E-state index contributed by atoms with van der Waals surface area (Å²) in [6.07, 6.45) is 2.59. The number of non-ortho nitro benzene ring substituents is 1. The number of hydrogen-bond acceptors (Lipinski definition) is 3. The summed E-state index contributed by atoms with van der Waals surface area (Å²) < 4.78 is 5.54. The van der Waals surface area contributed by atoms with Crippen molar-refractivity contribution in [2.75, 3.05) is 0 Å². The van der Waals surface area contributed by atoms with Crippen molar-refractivity contribution in [2.45, 2.75) is 30.9 Å². The van der Waals surface area contributed by atoms with E-state index in [-0.39, 0.29) is 10.6 Å². The fourth-order valence-electron chi connectivity index (χ4n) is 1.46. The zero-order valence-electron chi connectivity index (χ0n) is 8.69. The lowest BCUT2D eigenvalue weighted by molar-refractivity contribution is -0.385. The summed E-state index contributed by atoms with van der Waals surface area (Å²) in [5.41, 5.74) is 1.91. The van der Waals surface area contributed by atoms with Crippen LogP contribution in [0, 0.1) is 10.1 Å². The molecule has 0 N–H and O–H groups in total. The number of alkyl halides is 1. The topological polar surface area (TPSA) is 52.4 Å². The second-order valence-electron chi connectivity index (χ2n) is 3.91. The summed E-state index contributed by atoms with van der Waals surface area (Å²) in [5.74, 6) is 0. The van der Waals surface area contributed by atoms with E-state index in [4.69, 9.17) is 4.74 Å². The Morgan fingerprint density at radius 3 is 2.62 bits per heavy atom. The highest BCUT2D eigenvalue weighted by Crippen LogP contribution is 2.26. The van der Waals surface area contributed by atoms with Crippen molar-refractivity contribution in [1.29, 1.82) is 0 Å². The molecule has 0 atom stereocenters. The van der Waals surface area contributed by atoms with Gasteiger partial charge in [0.1, 0.15) is 0 Å². The van der Waals surface area contributed by atoms with Crippen molar-refractivity contribution in [3.05, 3.63) is 39.4 Å². The van der Waals surface area contributed by atoms with Crippen LogP contribution in [-0.4, -0.2) is 11.0 Å². The van der Waals surface area contributed by atoms with Gasteiger partial charge in [0, 0.05) is 17.5 Å². The van der Waals surface area contributed by atoms with Crippen LogP contribution in [0.2, 0.25) is 0 Å². The average Bonchev–Trinajstić information content (AvgIpc) is 3.09. The van der Waals surface area contributed by atoms with Gasteiger partial charge in [0.25, 0.3) is 5.69 Å². The van der Waals surface area contributed by atoms with E-state index in [1.807, 2.05) is 6.07 Å². The van der Waals surface area contributed by atoms with E-state index in [0.717, 1.165) is 24.0 Å². The lowest BCUT2D eigenvalue weighted by atomic mass is 10.1. The molecule has 0 unspecified atom stereocenters. The van der Waals surface area contributed by atoms with Gasteiger partial charge in [-0.2, -0.15) is 0 Å². The van der Waals surface area contributed by atoms with Gasteiger partial charge in [0.15, 0.2) is 0 Å². The summed E-state index contributed by atoms with van der Waals surface area (Å²) in [6, 6.07) is 5.09. The molecule has 0 saturated heterocycles. The molecule has 16 heavy (non-hydrogen) atoms. The highest BCUT2D eigenvalue weighted by Gasteiger charge is 2.22. The summed E-state index contributed by atoms with van der Waals surface area (Å²) in [5, 5.41) is 11.3. The highest BCUT2D eigenvalue weighted by molar-refractivity contribution is 9.08. The SMILES string of the molecule is O=[N+]([O-])c1cc(CBr)cc(COC2CC2)c1. The molecule has 1 fully saturated rings. The van der Waals surface area contributed by atoms with Crippen LogP contribution in [-0.2, 0) is 16.7 Å². The van der Waals surface area contributed by atoms with Crippen LogP contribution in [0.5, 0.6) is 0 Å². The predicted octanol–water partition coefficient (Wildman–Crippen LogP) is 3.17. The number of hydrogen-bond donors (Lipinski definition) is 0. The summed E-state index contributed by atoms with van der Waals surface area (Å²) >= 11 is 3.30. The van der Waals surface area contributed by atoms with Gasteiger partial charge in [-0.15, -0.1) is 0 Å². The number of rotatable bonds is 5. The maximum absolute atomic E-state index is 10.7. The molecule has 86 valence electrons. The molecule has 2 rings (SSSR count). The average molecular weight is 286 g/mol. The third-order valence-electron chi connectivity index (χ3n) is 2.41. The number of ether oxygens (including phenoxy) is 1. The Labute approximate surface area is 102 Å². The van der Waals surface area contributed by atoms with Gasteiger partial charge in [-0.05, 0) is 24.0 Å². The van der Waals surface area contributed by atoms with E-state index < -0.39 is 0 Å². The fourth-order valence-corrected chi connectivity index (χ4v) is 1.78. The zero-order valence-corrected chi connectivity index (χ0v) is 10.3. The van der Waals surface area contributed by atoms with Crippen LogP contribution in [0.3, 0.4) is 0 Å². The lowest BCUT2D eigenvalue weighted by Gasteiger charge is -2.04. The third-order valence-corrected chi connectivity index (χ3v) is 3.06. The van der Waals surface area contributed by atoms with E-state index in [2.05, 4.69) is 15.9 Å². The van der Waals surface area contributed by atoms with Crippen LogP contribution in [0.1, 0.15) is 24.0 Å². The largest absolute Gasteiger partial charge is 0.374 e. The maximum Gasteiger partial charge on any atom is 0.270 e. The van der Waals surface area contributed by atoms with Crippen molar-refractivity contribution >= 4 is 21.6 Å². The first-order valence-electron chi connectivity index (χ1n) is 5.14. The molecule has 1 aliphatic carbocycles. The minimum atomic E-state index is -0.368. The molecule has 5 heteroatoms. The Morgan fingerprint density at radius 2 is 2.06 bits per heavy atom. The molecule has 0 amide bonds. The summed E-state index contributed by atoms with van der Waals surface area (Å²) in [7, 11) is 0. The van der Waals surface area contributed by atoms with E-state index in [9.17, 15) is 10.1 Å². The quantitative estimate of drug-likeness (QED) is 0.474. The second kappa shape index (κ2) is 4.93. The minimum Gasteiger partial charge on any atom is -0.374 e. The van der Waals surface area contributed by atoms with Gasteiger partial charge in [-0.1, -0.05) is 22.0 Å². The van der Waals surface area contributed by atoms with Gasteiger partial charge in [-0.25, -0.2) is 0 Å². The van der Waals surface area contributed by atoms with Crippen molar-refractivity contribution in [1.82, 2.24) is 0 Å². The van der Waals surface area contributed by atoms with Crippen LogP contribution in [0.25, 0.3) is 0 Å². The molecule has 4 nitrogen and oxygen atoms in total. The van der Waals surface area contributed by atoms with E-state index in [0.29, 0.717) is 18.0 Å². The van der Waals surface area contributed by atoms with Gasteiger partial charge in [0.2, 0.25) is 0 Å². The fraction of sp³-hybridized carbons (Fsp3) is 0.455. The lowest BCUT2D eigenvalue weighted by Crippen LogP contribution is -1.98. The Kier molecular flexibility index (Phi) is 3.56. The van der Waals surface area contributed by atoms with Crippen molar-refractivity contribution in [2.24, 2.45) is 0 Å². The van der Waals surface area contributed by atoms with Crippen LogP contribution in [0.4, 0.5) is 5.69 Å². The molecule has 1 aromatic rings. The number of nitro benzene ring substituents is 1. The van der Waals surface area contributed by atoms with Crippen molar-refractivity contribution < 1.29 is 9.66 Å². The van der Waals surface area contributed by atoms with Crippen LogP contribution in [0.15, 0.2) is 18.2 Å². The molecule has 0 bridgehead atoms. The number of nitrogens with zero attached hydrogens (tertiary/aromatic N) is 1. The van der Waals surface area contributed by atoms with E-state index >= 15 is 0 Å². The van der Waals surface area contributed by atoms with Crippen molar-refractivity contribution in [3.63, 3.8) is 0 Å². The monoisotopic (exact) mass is 285 g/mol. The molecule has 1 saturated carbocycles. The van der Waals surface area contributed by atoms with Gasteiger partial charge in [0.05, 0.1) is 17.6 Å². The number of halogens is 1. The van der Waals surface area contributed by atoms with Gasteiger partial charge in [-0.3, -0.25) is 10.1 Å². The summed E-state index contributed by atoms with van der Waals surface area (Å²) in [6.45, 7) is 0.465. The molecule has 0 spiro atoms. The Hall–Kier alpha value is -0.940. The van der Waals surface area contributed by atoms with Gasteiger partial charge < -0.3 is 4.74 Å². The summed E-state index contributed by atoms with van der Waals surface area (Å²) in [4.78, 5) is 10.4. The zero-order chi connectivity index (χ0) is 11.5. The molecule has 1 aromatic carbocycles. The van der Waals surface area contributed by atoms with Gasteiger partial charge >= 0.3 is 0 Å². The molecule has 0 aromatic heterocycles. The first kappa shape index (κ1) is 11.5. The first-order valence-corrected chi connectivity index (χ1v) is 6.26. The molecule has 0 radical (unpaired) electrons. The second-order valence-corrected chi connectivity index (χ2v) is 4.47. The number of benzene rings is 1. The Morgan fingerprint density at radius 1 is 1.38 bits per heavy atom. The molecule has 0 heterocycles. The predicted molar refractivity (Wildman–Crippen MR) is 63.5 cm³/mol. The molecular weight excluding hydrogens is 274 g/mol. The van der Waals surface area contributed by atoms with Crippen LogP contribution < -0.4 is 0 Å². The standard InChI is InChI=1S/C11H12BrNO3/c12-6-8-3-9(7-16-11-1-2-11)5-10(4-8)13(14)15/h3-5,11H,1-2,6-7H2. The van der Waals surface area contributed by atoms with E-state index in [1.165, 1.54) is 0 Å².